The molecule has 1 aliphatic rings. The van der Waals surface area contributed by atoms with Crippen LogP contribution in [0, 0.1) is 10.1 Å². The number of ether oxygens (including phenoxy) is 2. The lowest BCUT2D eigenvalue weighted by molar-refractivity contribution is -0.386. The Bertz CT molecular complexity index is 982. The van der Waals surface area contributed by atoms with Crippen LogP contribution in [0.15, 0.2) is 72.8 Å². The minimum atomic E-state index is -0.475. The third kappa shape index (κ3) is 4.93. The van der Waals surface area contributed by atoms with Gasteiger partial charge in [0.1, 0.15) is 12.4 Å². The fourth-order valence-electron chi connectivity index (χ4n) is 3.52. The highest BCUT2D eigenvalue weighted by atomic mass is 16.6. The van der Waals surface area contributed by atoms with Gasteiger partial charge in [0.05, 0.1) is 11.0 Å². The number of hydrogen-bond acceptors (Lipinski definition) is 6. The first-order chi connectivity index (χ1) is 14.7. The second-order valence-electron chi connectivity index (χ2n) is 7.19. The van der Waals surface area contributed by atoms with Gasteiger partial charge < -0.3 is 14.8 Å². The number of benzene rings is 2. The van der Waals surface area contributed by atoms with Crippen molar-refractivity contribution in [2.75, 3.05) is 11.9 Å². The quantitative estimate of drug-likeness (QED) is 0.444. The van der Waals surface area contributed by atoms with Gasteiger partial charge in [-0.25, -0.2) is 0 Å². The normalized spacial score (nSPS) is 18.5. The van der Waals surface area contributed by atoms with Crippen molar-refractivity contribution in [1.29, 1.82) is 0 Å². The lowest BCUT2D eigenvalue weighted by Crippen LogP contribution is -2.30. The Balaban J connectivity index is 1.46. The van der Waals surface area contributed by atoms with E-state index in [0.29, 0.717) is 12.4 Å². The zero-order chi connectivity index (χ0) is 20.8. The Morgan fingerprint density at radius 1 is 1.07 bits per heavy atom. The van der Waals surface area contributed by atoms with Gasteiger partial charge in [0.2, 0.25) is 0 Å². The van der Waals surface area contributed by atoms with Crippen molar-refractivity contribution in [3.05, 3.63) is 94.0 Å². The third-order valence-corrected chi connectivity index (χ3v) is 5.06. The largest absolute Gasteiger partial charge is 0.468 e. The molecule has 0 amide bonds. The Morgan fingerprint density at radius 2 is 1.80 bits per heavy atom. The first-order valence-electron chi connectivity index (χ1n) is 9.94. The maximum atomic E-state index is 11.4. The van der Waals surface area contributed by atoms with E-state index in [1.165, 1.54) is 6.07 Å². The van der Waals surface area contributed by atoms with Gasteiger partial charge in [-0.1, -0.05) is 60.7 Å². The van der Waals surface area contributed by atoms with Crippen molar-refractivity contribution in [2.45, 2.75) is 31.6 Å². The van der Waals surface area contributed by atoms with Gasteiger partial charge in [0, 0.05) is 18.7 Å². The fourth-order valence-corrected chi connectivity index (χ4v) is 3.52. The summed E-state index contributed by atoms with van der Waals surface area (Å²) in [6, 6.07) is 22.8. The molecule has 1 aliphatic heterocycles. The minimum absolute atomic E-state index is 0.0144. The Morgan fingerprint density at radius 3 is 2.53 bits per heavy atom. The SMILES string of the molecule is O=[N+]([O-])c1ccc(NC2CCOC(c3ccccc3)C2)nc1OCc1ccccc1. The van der Waals surface area contributed by atoms with Crippen LogP contribution in [0.2, 0.25) is 0 Å². The molecule has 1 N–H and O–H groups in total. The second-order valence-corrected chi connectivity index (χ2v) is 7.19. The van der Waals surface area contributed by atoms with Gasteiger partial charge in [-0.2, -0.15) is 4.98 Å². The number of nitrogens with zero attached hydrogens (tertiary/aromatic N) is 2. The molecule has 7 heteroatoms. The number of pyridine rings is 1. The first kappa shape index (κ1) is 19.8. The average molecular weight is 405 g/mol. The van der Waals surface area contributed by atoms with E-state index in [2.05, 4.69) is 22.4 Å². The standard InChI is InChI=1S/C23H23N3O4/c27-26(28)20-11-12-22(25-23(20)30-16-17-7-3-1-4-8-17)24-19-13-14-29-21(15-19)18-9-5-2-6-10-18/h1-12,19,21H,13-16H2,(H,24,25). The maximum absolute atomic E-state index is 11.4. The number of anilines is 1. The van der Waals surface area contributed by atoms with Crippen molar-refractivity contribution in [3.63, 3.8) is 0 Å². The smallest absolute Gasteiger partial charge is 0.331 e. The molecule has 1 aromatic heterocycles. The number of rotatable bonds is 7. The number of nitrogens with one attached hydrogen (secondary N) is 1. The van der Waals surface area contributed by atoms with Crippen LogP contribution in [0.3, 0.4) is 0 Å². The van der Waals surface area contributed by atoms with E-state index in [1.54, 1.807) is 6.07 Å². The average Bonchev–Trinajstić information content (AvgIpc) is 2.79. The second kappa shape index (κ2) is 9.37. The van der Waals surface area contributed by atoms with Gasteiger partial charge >= 0.3 is 5.69 Å². The topological polar surface area (TPSA) is 86.5 Å². The molecule has 2 heterocycles. The highest BCUT2D eigenvalue weighted by molar-refractivity contribution is 5.49. The zero-order valence-corrected chi connectivity index (χ0v) is 16.4. The first-order valence-corrected chi connectivity index (χ1v) is 9.94. The molecule has 1 fully saturated rings. The van der Waals surface area contributed by atoms with Crippen LogP contribution in [0.4, 0.5) is 11.5 Å². The van der Waals surface area contributed by atoms with E-state index in [0.717, 1.165) is 24.0 Å². The summed E-state index contributed by atoms with van der Waals surface area (Å²) in [5.74, 6) is 0.572. The van der Waals surface area contributed by atoms with Crippen LogP contribution >= 0.6 is 0 Å². The molecule has 3 aromatic rings. The molecule has 0 radical (unpaired) electrons. The van der Waals surface area contributed by atoms with Gasteiger partial charge in [-0.05, 0) is 30.0 Å². The Kier molecular flexibility index (Phi) is 6.20. The van der Waals surface area contributed by atoms with Gasteiger partial charge in [0.25, 0.3) is 5.88 Å². The minimum Gasteiger partial charge on any atom is -0.468 e. The molecule has 0 aliphatic carbocycles. The van der Waals surface area contributed by atoms with Crippen molar-refractivity contribution >= 4 is 11.5 Å². The molecule has 2 aromatic carbocycles. The molecule has 2 unspecified atom stereocenters. The van der Waals surface area contributed by atoms with E-state index in [1.807, 2.05) is 48.5 Å². The molecule has 30 heavy (non-hydrogen) atoms. The van der Waals surface area contributed by atoms with Crippen LogP contribution in [0.25, 0.3) is 0 Å². The van der Waals surface area contributed by atoms with E-state index >= 15 is 0 Å². The van der Waals surface area contributed by atoms with Crippen LogP contribution in [0.5, 0.6) is 5.88 Å². The molecule has 0 spiro atoms. The Hall–Kier alpha value is -3.45. The van der Waals surface area contributed by atoms with Crippen LogP contribution < -0.4 is 10.1 Å². The summed E-state index contributed by atoms with van der Waals surface area (Å²) in [5, 5.41) is 14.8. The number of hydrogen-bond donors (Lipinski definition) is 1. The molecule has 0 saturated carbocycles. The molecular formula is C23H23N3O4. The van der Waals surface area contributed by atoms with E-state index in [4.69, 9.17) is 9.47 Å². The lowest BCUT2D eigenvalue weighted by atomic mass is 9.97. The van der Waals surface area contributed by atoms with Gasteiger partial charge in [-0.3, -0.25) is 10.1 Å². The third-order valence-electron chi connectivity index (χ3n) is 5.06. The molecule has 7 nitrogen and oxygen atoms in total. The highest BCUT2D eigenvalue weighted by Crippen LogP contribution is 2.31. The number of nitro groups is 1. The summed E-state index contributed by atoms with van der Waals surface area (Å²) in [5.41, 5.74) is 1.92. The Labute approximate surface area is 174 Å². The lowest BCUT2D eigenvalue weighted by Gasteiger charge is -2.30. The predicted molar refractivity (Wildman–Crippen MR) is 113 cm³/mol. The molecular weight excluding hydrogens is 382 g/mol. The van der Waals surface area contributed by atoms with Crippen LogP contribution in [-0.2, 0) is 11.3 Å². The fraction of sp³-hybridized carbons (Fsp3) is 0.261. The monoisotopic (exact) mass is 405 g/mol. The van der Waals surface area contributed by atoms with E-state index in [9.17, 15) is 10.1 Å². The van der Waals surface area contributed by atoms with Crippen LogP contribution in [-0.4, -0.2) is 22.6 Å². The molecule has 2 atom stereocenters. The van der Waals surface area contributed by atoms with E-state index < -0.39 is 4.92 Å². The highest BCUT2D eigenvalue weighted by Gasteiger charge is 2.25. The van der Waals surface area contributed by atoms with E-state index in [-0.39, 0.29) is 30.3 Å². The van der Waals surface area contributed by atoms with Crippen molar-refractivity contribution in [1.82, 2.24) is 4.98 Å². The van der Waals surface area contributed by atoms with Crippen molar-refractivity contribution < 1.29 is 14.4 Å². The molecule has 154 valence electrons. The van der Waals surface area contributed by atoms with Gasteiger partial charge in [0.15, 0.2) is 0 Å². The van der Waals surface area contributed by atoms with Crippen LogP contribution in [0.1, 0.15) is 30.1 Å². The van der Waals surface area contributed by atoms with Crippen molar-refractivity contribution in [3.8, 4) is 5.88 Å². The summed E-state index contributed by atoms with van der Waals surface area (Å²) >= 11 is 0. The molecule has 4 rings (SSSR count). The maximum Gasteiger partial charge on any atom is 0.331 e. The van der Waals surface area contributed by atoms with Gasteiger partial charge in [-0.15, -0.1) is 0 Å². The summed E-state index contributed by atoms with van der Waals surface area (Å²) in [6.45, 7) is 0.854. The molecule has 0 bridgehead atoms. The summed E-state index contributed by atoms with van der Waals surface area (Å²) < 4.78 is 11.6. The zero-order valence-electron chi connectivity index (χ0n) is 16.4. The summed E-state index contributed by atoms with van der Waals surface area (Å²) in [7, 11) is 0. The summed E-state index contributed by atoms with van der Waals surface area (Å²) in [6.07, 6.45) is 1.65. The summed E-state index contributed by atoms with van der Waals surface area (Å²) in [4.78, 5) is 15.3. The number of aromatic nitrogens is 1. The molecule has 1 saturated heterocycles. The predicted octanol–water partition coefficient (Wildman–Crippen LogP) is 4.90. The van der Waals surface area contributed by atoms with Crippen molar-refractivity contribution in [2.24, 2.45) is 0 Å².